The summed E-state index contributed by atoms with van der Waals surface area (Å²) in [6.45, 7) is 8.10. The summed E-state index contributed by atoms with van der Waals surface area (Å²) in [6.07, 6.45) is 0. The zero-order valence-electron chi connectivity index (χ0n) is 18.1. The maximum atomic E-state index is 14.9. The first-order valence-corrected chi connectivity index (χ1v) is 10.1. The van der Waals surface area contributed by atoms with Crippen molar-refractivity contribution in [2.45, 2.75) is 44.4 Å². The average molecular weight is 426 g/mol. The highest BCUT2D eigenvalue weighted by Crippen LogP contribution is 2.52. The molecule has 0 bridgehead atoms. The molecule has 3 aliphatic heterocycles. The molecule has 0 saturated carbocycles. The number of nitrogens with two attached hydrogens (primary N) is 1. The van der Waals surface area contributed by atoms with Gasteiger partial charge in [-0.1, -0.05) is 12.1 Å². The molecule has 162 valence electrons. The molecule has 1 spiro atoms. The molecule has 0 aromatic heterocycles. The molecule has 3 aliphatic rings. The molecule has 1 fully saturated rings. The molecular weight excluding hydrogens is 402 g/mol. The zero-order valence-corrected chi connectivity index (χ0v) is 18.1. The van der Waals surface area contributed by atoms with Crippen molar-refractivity contribution in [2.24, 2.45) is 10.7 Å². The molecule has 9 heteroatoms. The highest BCUT2D eigenvalue weighted by Gasteiger charge is 2.53. The van der Waals surface area contributed by atoms with E-state index in [0.29, 0.717) is 22.6 Å². The minimum absolute atomic E-state index is 0.0306. The van der Waals surface area contributed by atoms with Crippen LogP contribution < -0.4 is 20.7 Å². The van der Waals surface area contributed by atoms with E-state index < -0.39 is 29.7 Å². The summed E-state index contributed by atoms with van der Waals surface area (Å²) in [5.41, 5.74) is 5.86. The Morgan fingerprint density at radius 2 is 1.77 bits per heavy atom. The van der Waals surface area contributed by atoms with E-state index in [4.69, 9.17) is 29.3 Å². The molecule has 2 aromatic carbocycles. The van der Waals surface area contributed by atoms with Crippen molar-refractivity contribution in [3.8, 4) is 17.2 Å². The molecule has 3 heterocycles. The number of amidine groups is 1. The van der Waals surface area contributed by atoms with Gasteiger partial charge in [0.25, 0.3) is 6.02 Å². The third kappa shape index (κ3) is 2.83. The van der Waals surface area contributed by atoms with Crippen molar-refractivity contribution in [2.75, 3.05) is 13.7 Å². The quantitative estimate of drug-likeness (QED) is 0.744. The zero-order chi connectivity index (χ0) is 22.2. The Labute approximate surface area is 180 Å². The van der Waals surface area contributed by atoms with Crippen LogP contribution in [-0.4, -0.2) is 38.1 Å². The lowest BCUT2D eigenvalue weighted by molar-refractivity contribution is 0.00578. The Morgan fingerprint density at radius 1 is 1.06 bits per heavy atom. The summed E-state index contributed by atoms with van der Waals surface area (Å²) in [5.74, 6) is 0.359. The molecular formula is C22H24BFN2O5. The molecule has 0 radical (unpaired) electrons. The van der Waals surface area contributed by atoms with Crippen molar-refractivity contribution < 1.29 is 27.9 Å². The Morgan fingerprint density at radius 3 is 2.39 bits per heavy atom. The molecule has 0 unspecified atom stereocenters. The van der Waals surface area contributed by atoms with Gasteiger partial charge in [-0.15, -0.1) is 0 Å². The second-order valence-electron chi connectivity index (χ2n) is 9.03. The van der Waals surface area contributed by atoms with Crippen LogP contribution in [0.2, 0.25) is 0 Å². The van der Waals surface area contributed by atoms with Crippen LogP contribution in [0.25, 0.3) is 0 Å². The standard InChI is InChI=1S/C22H24BFN2O5/c1-20(2)21(3,4)31-23(30-20)12-6-7-17-14(8-12)22(11-28-19(25)26-22)15-9-13(27-5)10-16(24)18(15)29-17/h6-10H,11H2,1-5H3,(H2,25,26)/t22-/m0/s1. The number of aliphatic imine (C=N–C) groups is 1. The first-order chi connectivity index (χ1) is 14.6. The molecule has 1 saturated heterocycles. The number of hydrogen-bond acceptors (Lipinski definition) is 7. The van der Waals surface area contributed by atoms with E-state index in [0.717, 1.165) is 5.46 Å². The summed E-state index contributed by atoms with van der Waals surface area (Å²) in [5, 5.41) is 0. The van der Waals surface area contributed by atoms with Crippen LogP contribution in [0, 0.1) is 5.82 Å². The van der Waals surface area contributed by atoms with Gasteiger partial charge in [0.2, 0.25) is 0 Å². The minimum Gasteiger partial charge on any atom is -0.497 e. The molecule has 2 N–H and O–H groups in total. The van der Waals surface area contributed by atoms with Crippen LogP contribution in [0.15, 0.2) is 35.3 Å². The van der Waals surface area contributed by atoms with Gasteiger partial charge in [-0.05, 0) is 45.3 Å². The highest BCUT2D eigenvalue weighted by molar-refractivity contribution is 6.62. The Bertz CT molecular complexity index is 1100. The number of benzene rings is 2. The van der Waals surface area contributed by atoms with Gasteiger partial charge in [-0.3, -0.25) is 0 Å². The fourth-order valence-corrected chi connectivity index (χ4v) is 4.14. The number of methoxy groups -OCH3 is 1. The van der Waals surface area contributed by atoms with E-state index in [9.17, 15) is 4.39 Å². The van der Waals surface area contributed by atoms with Gasteiger partial charge in [0.15, 0.2) is 17.1 Å². The fraction of sp³-hybridized carbons (Fsp3) is 0.409. The van der Waals surface area contributed by atoms with Crippen molar-refractivity contribution in [1.29, 1.82) is 0 Å². The first-order valence-electron chi connectivity index (χ1n) is 10.1. The van der Waals surface area contributed by atoms with E-state index in [2.05, 4.69) is 4.99 Å². The van der Waals surface area contributed by atoms with Gasteiger partial charge in [0, 0.05) is 17.2 Å². The lowest BCUT2D eigenvalue weighted by Crippen LogP contribution is -2.41. The fourth-order valence-electron chi connectivity index (χ4n) is 4.14. The van der Waals surface area contributed by atoms with Gasteiger partial charge in [0.05, 0.1) is 18.3 Å². The van der Waals surface area contributed by atoms with E-state index in [1.165, 1.54) is 13.2 Å². The molecule has 1 atom stereocenters. The second kappa shape index (κ2) is 6.37. The van der Waals surface area contributed by atoms with Crippen molar-refractivity contribution >= 4 is 18.6 Å². The van der Waals surface area contributed by atoms with Gasteiger partial charge < -0.3 is 29.3 Å². The van der Waals surface area contributed by atoms with Gasteiger partial charge in [-0.2, -0.15) is 0 Å². The summed E-state index contributed by atoms with van der Waals surface area (Å²) in [7, 11) is 0.907. The smallest absolute Gasteiger partial charge is 0.494 e. The van der Waals surface area contributed by atoms with Crippen molar-refractivity contribution in [3.05, 3.63) is 47.3 Å². The van der Waals surface area contributed by atoms with Crippen molar-refractivity contribution in [1.82, 2.24) is 0 Å². The molecule has 0 amide bonds. The number of rotatable bonds is 2. The second-order valence-corrected chi connectivity index (χ2v) is 9.03. The lowest BCUT2D eigenvalue weighted by atomic mass is 9.74. The highest BCUT2D eigenvalue weighted by atomic mass is 19.1. The molecule has 7 nitrogen and oxygen atoms in total. The van der Waals surface area contributed by atoms with Crippen LogP contribution in [-0.2, 0) is 19.6 Å². The SMILES string of the molecule is COc1cc(F)c2c(c1)[C@]1(COC(N)=N1)c1cc(B3OC(C)(C)C(C)(C)O3)ccc1O2. The van der Waals surface area contributed by atoms with E-state index in [1.54, 1.807) is 12.1 Å². The number of fused-ring (bicyclic) bond motifs is 4. The first kappa shape index (κ1) is 20.1. The topological polar surface area (TPSA) is 84.5 Å². The van der Waals surface area contributed by atoms with Gasteiger partial charge >= 0.3 is 7.12 Å². The normalized spacial score (nSPS) is 24.8. The van der Waals surface area contributed by atoms with Gasteiger partial charge in [0.1, 0.15) is 18.1 Å². The summed E-state index contributed by atoms with van der Waals surface area (Å²) >= 11 is 0. The maximum absolute atomic E-state index is 14.9. The Balaban J connectivity index is 1.67. The van der Waals surface area contributed by atoms with Crippen LogP contribution >= 0.6 is 0 Å². The minimum atomic E-state index is -1.07. The average Bonchev–Trinajstić information content (AvgIpc) is 3.19. The number of halogens is 1. The monoisotopic (exact) mass is 426 g/mol. The molecule has 0 aliphatic carbocycles. The predicted molar refractivity (Wildman–Crippen MR) is 114 cm³/mol. The van der Waals surface area contributed by atoms with Crippen LogP contribution in [0.3, 0.4) is 0 Å². The third-order valence-electron chi connectivity index (χ3n) is 6.62. The maximum Gasteiger partial charge on any atom is 0.494 e. The number of ether oxygens (including phenoxy) is 3. The summed E-state index contributed by atoms with van der Waals surface area (Å²) in [4.78, 5) is 4.59. The number of nitrogens with zero attached hydrogens (tertiary/aromatic N) is 1. The number of hydrogen-bond donors (Lipinski definition) is 1. The molecule has 2 aromatic rings. The Kier molecular flexibility index (Phi) is 4.14. The van der Waals surface area contributed by atoms with Crippen LogP contribution in [0.5, 0.6) is 17.2 Å². The summed E-state index contributed by atoms with van der Waals surface area (Å²) in [6, 6.07) is 8.54. The van der Waals surface area contributed by atoms with E-state index >= 15 is 0 Å². The van der Waals surface area contributed by atoms with Crippen LogP contribution in [0.1, 0.15) is 38.8 Å². The largest absolute Gasteiger partial charge is 0.497 e. The van der Waals surface area contributed by atoms with Gasteiger partial charge in [-0.25, -0.2) is 9.38 Å². The predicted octanol–water partition coefficient (Wildman–Crippen LogP) is 2.83. The Hall–Kier alpha value is -2.78. The molecule has 5 rings (SSSR count). The van der Waals surface area contributed by atoms with E-state index in [-0.39, 0.29) is 18.4 Å². The summed E-state index contributed by atoms with van der Waals surface area (Å²) < 4.78 is 44.1. The lowest BCUT2D eigenvalue weighted by Gasteiger charge is -2.34. The van der Waals surface area contributed by atoms with Crippen LogP contribution in [0.4, 0.5) is 4.39 Å². The molecule has 31 heavy (non-hydrogen) atoms. The van der Waals surface area contributed by atoms with E-state index in [1.807, 2.05) is 39.8 Å². The third-order valence-corrected chi connectivity index (χ3v) is 6.62. The van der Waals surface area contributed by atoms with Crippen molar-refractivity contribution in [3.63, 3.8) is 0 Å².